The molecule has 1 amide bonds. The third-order valence-corrected chi connectivity index (χ3v) is 4.88. The van der Waals surface area contributed by atoms with Gasteiger partial charge in [0.05, 0.1) is 5.02 Å². The van der Waals surface area contributed by atoms with Crippen molar-refractivity contribution in [3.05, 3.63) is 58.1 Å². The predicted molar refractivity (Wildman–Crippen MR) is 94.3 cm³/mol. The summed E-state index contributed by atoms with van der Waals surface area (Å²) in [6.07, 6.45) is 2.53. The summed E-state index contributed by atoms with van der Waals surface area (Å²) in [5, 5.41) is 18.1. The van der Waals surface area contributed by atoms with Crippen LogP contribution in [0.15, 0.2) is 47.4 Å². The van der Waals surface area contributed by atoms with E-state index in [2.05, 4.69) is 4.72 Å². The second-order valence-corrected chi connectivity index (χ2v) is 7.27. The van der Waals surface area contributed by atoms with Gasteiger partial charge in [0.15, 0.2) is 5.75 Å². The number of benzene rings is 2. The van der Waals surface area contributed by atoms with Crippen LogP contribution in [0.3, 0.4) is 0 Å². The summed E-state index contributed by atoms with van der Waals surface area (Å²) in [4.78, 5) is 10.4. The fraction of sp³-hybridized carbons (Fsp3) is 0. The van der Waals surface area contributed by atoms with E-state index in [1.54, 1.807) is 12.1 Å². The Bertz CT molecular complexity index is 928. The molecule has 0 aliphatic rings. The summed E-state index contributed by atoms with van der Waals surface area (Å²) in [5.74, 6) is -1.30. The Hall–Kier alpha value is -2.26. The molecule has 0 fully saturated rings. The van der Waals surface area contributed by atoms with Crippen LogP contribution in [0.25, 0.3) is 6.08 Å². The van der Waals surface area contributed by atoms with Crippen LogP contribution < -0.4 is 10.2 Å². The number of phenolic OH excluding ortho intramolecular Hbond substituents is 1. The van der Waals surface area contributed by atoms with Crippen LogP contribution >= 0.6 is 23.2 Å². The van der Waals surface area contributed by atoms with Crippen molar-refractivity contribution in [3.8, 4) is 5.75 Å². The zero-order valence-electron chi connectivity index (χ0n) is 12.4. The molecule has 0 saturated heterocycles. The van der Waals surface area contributed by atoms with E-state index in [1.807, 2.05) is 0 Å². The van der Waals surface area contributed by atoms with Gasteiger partial charge in [0, 0.05) is 16.8 Å². The first-order chi connectivity index (χ1) is 11.7. The van der Waals surface area contributed by atoms with Crippen LogP contribution in [-0.2, 0) is 14.8 Å². The van der Waals surface area contributed by atoms with Gasteiger partial charge in [-0.15, -0.1) is 0 Å². The highest BCUT2D eigenvalue weighted by atomic mass is 35.5. The topological polar surface area (TPSA) is 116 Å². The molecule has 2 aromatic rings. The molecule has 0 radical (unpaired) electrons. The number of carbonyl (C=O) groups excluding carboxylic acids is 1. The Morgan fingerprint density at radius 3 is 2.36 bits per heavy atom. The molecule has 10 heteroatoms. The molecule has 0 atom stereocenters. The summed E-state index contributed by atoms with van der Waals surface area (Å²) >= 11 is 11.5. The lowest BCUT2D eigenvalue weighted by molar-refractivity contribution is -0.124. The summed E-state index contributed by atoms with van der Waals surface area (Å²) in [5.41, 5.74) is 2.27. The zero-order valence-corrected chi connectivity index (χ0v) is 14.7. The van der Waals surface area contributed by atoms with Crippen LogP contribution in [-0.4, -0.2) is 24.6 Å². The number of hydrogen-bond acceptors (Lipinski definition) is 5. The number of phenols is 1. The first-order valence-corrected chi connectivity index (χ1v) is 8.90. The average molecular weight is 403 g/mol. The van der Waals surface area contributed by atoms with Gasteiger partial charge in [-0.3, -0.25) is 14.7 Å². The van der Waals surface area contributed by atoms with E-state index in [1.165, 1.54) is 29.8 Å². The molecule has 0 aromatic heterocycles. The highest BCUT2D eigenvalue weighted by Gasteiger charge is 2.21. The number of amides is 1. The molecular weight excluding hydrogens is 391 g/mol. The highest BCUT2D eigenvalue weighted by Crippen LogP contribution is 2.35. The van der Waals surface area contributed by atoms with E-state index in [9.17, 15) is 18.3 Å². The minimum Gasteiger partial charge on any atom is -0.505 e. The van der Waals surface area contributed by atoms with Gasteiger partial charge >= 0.3 is 0 Å². The molecule has 25 heavy (non-hydrogen) atoms. The van der Waals surface area contributed by atoms with Gasteiger partial charge in [0.2, 0.25) is 0 Å². The Kier molecular flexibility index (Phi) is 5.91. The van der Waals surface area contributed by atoms with Gasteiger partial charge in [-0.05, 0) is 35.9 Å². The van der Waals surface area contributed by atoms with Crippen molar-refractivity contribution in [2.75, 3.05) is 4.72 Å². The number of anilines is 1. The van der Waals surface area contributed by atoms with Crippen LogP contribution in [0.5, 0.6) is 5.75 Å². The first kappa shape index (κ1) is 19.1. The highest BCUT2D eigenvalue weighted by molar-refractivity contribution is 7.92. The molecule has 7 nitrogen and oxygen atoms in total. The molecule has 2 aromatic carbocycles. The summed E-state index contributed by atoms with van der Waals surface area (Å²) < 4.78 is 27.0. The van der Waals surface area contributed by atoms with E-state index >= 15 is 0 Å². The van der Waals surface area contributed by atoms with E-state index in [4.69, 9.17) is 28.4 Å². The van der Waals surface area contributed by atoms with Crippen molar-refractivity contribution in [3.63, 3.8) is 0 Å². The van der Waals surface area contributed by atoms with Crippen molar-refractivity contribution in [2.24, 2.45) is 0 Å². The lowest BCUT2D eigenvalue weighted by Crippen LogP contribution is -2.14. The Balaban J connectivity index is 2.24. The summed E-state index contributed by atoms with van der Waals surface area (Å²) in [6, 6.07) is 8.30. The number of carbonyl (C=O) groups is 1. The maximum absolute atomic E-state index is 12.4. The number of rotatable bonds is 5. The molecule has 0 unspecified atom stereocenters. The van der Waals surface area contributed by atoms with E-state index in [0.717, 1.165) is 12.1 Å². The molecule has 0 heterocycles. The fourth-order valence-corrected chi connectivity index (χ4v) is 3.65. The Morgan fingerprint density at radius 2 is 1.76 bits per heavy atom. The van der Waals surface area contributed by atoms with Crippen molar-refractivity contribution in [1.29, 1.82) is 0 Å². The van der Waals surface area contributed by atoms with Crippen molar-refractivity contribution < 1.29 is 23.5 Å². The molecule has 4 N–H and O–H groups in total. The number of halogens is 2. The summed E-state index contributed by atoms with van der Waals surface area (Å²) in [7, 11) is -4.12. The van der Waals surface area contributed by atoms with Gasteiger partial charge < -0.3 is 5.11 Å². The smallest absolute Gasteiger partial charge is 0.267 e. The normalized spacial score (nSPS) is 11.5. The third kappa shape index (κ3) is 4.86. The van der Waals surface area contributed by atoms with E-state index in [-0.39, 0.29) is 15.7 Å². The van der Waals surface area contributed by atoms with Crippen molar-refractivity contribution in [1.82, 2.24) is 5.48 Å². The Labute approximate surface area is 153 Å². The summed E-state index contributed by atoms with van der Waals surface area (Å²) in [6.45, 7) is 0. The molecule has 0 saturated carbocycles. The zero-order chi connectivity index (χ0) is 18.6. The standard InChI is InChI=1S/C15H12Cl2N2O5S/c16-10-7-12(17)15(21)13(8-10)25(23,24)19-11-4-1-9(2-5-11)3-6-14(20)18-22/h1-8,19,21-22H,(H,18,20). The number of hydroxylamine groups is 1. The van der Waals surface area contributed by atoms with E-state index in [0.29, 0.717) is 5.56 Å². The Morgan fingerprint density at radius 1 is 1.12 bits per heavy atom. The van der Waals surface area contributed by atoms with Crippen LogP contribution in [0.2, 0.25) is 10.0 Å². The second kappa shape index (κ2) is 7.75. The maximum atomic E-state index is 12.4. The molecular formula is C15H12Cl2N2O5S. The van der Waals surface area contributed by atoms with Crippen molar-refractivity contribution >= 4 is 50.9 Å². The minimum absolute atomic E-state index is 0.0609. The fourth-order valence-electron chi connectivity index (χ4n) is 1.83. The van der Waals surface area contributed by atoms with Crippen LogP contribution in [0.4, 0.5) is 5.69 Å². The maximum Gasteiger partial charge on any atom is 0.267 e. The lowest BCUT2D eigenvalue weighted by Gasteiger charge is -2.11. The van der Waals surface area contributed by atoms with Crippen LogP contribution in [0.1, 0.15) is 5.56 Å². The number of nitrogens with one attached hydrogen (secondary N) is 2. The number of aromatic hydroxyl groups is 1. The number of sulfonamides is 1. The van der Waals surface area contributed by atoms with Gasteiger partial charge in [-0.1, -0.05) is 35.3 Å². The largest absolute Gasteiger partial charge is 0.505 e. The monoisotopic (exact) mass is 402 g/mol. The number of hydrogen-bond donors (Lipinski definition) is 4. The molecule has 0 bridgehead atoms. The SMILES string of the molecule is O=C(C=Cc1ccc(NS(=O)(=O)c2cc(Cl)cc(Cl)c2O)cc1)NO. The second-order valence-electron chi connectivity index (χ2n) is 4.77. The first-order valence-electron chi connectivity index (χ1n) is 6.66. The molecule has 0 spiro atoms. The molecule has 0 aliphatic carbocycles. The molecule has 0 aliphatic heterocycles. The lowest BCUT2D eigenvalue weighted by atomic mass is 10.2. The molecule has 2 rings (SSSR count). The van der Waals surface area contributed by atoms with Gasteiger partial charge in [0.1, 0.15) is 4.90 Å². The predicted octanol–water partition coefficient (Wildman–Crippen LogP) is 3.02. The van der Waals surface area contributed by atoms with Gasteiger partial charge in [-0.2, -0.15) is 0 Å². The van der Waals surface area contributed by atoms with Gasteiger partial charge in [0.25, 0.3) is 15.9 Å². The van der Waals surface area contributed by atoms with Crippen LogP contribution in [0, 0.1) is 0 Å². The van der Waals surface area contributed by atoms with Gasteiger partial charge in [-0.25, -0.2) is 13.9 Å². The van der Waals surface area contributed by atoms with E-state index < -0.39 is 26.6 Å². The van der Waals surface area contributed by atoms with Crippen molar-refractivity contribution in [2.45, 2.75) is 4.90 Å². The minimum atomic E-state index is -4.12. The third-order valence-electron chi connectivity index (χ3n) is 2.98. The average Bonchev–Trinajstić information content (AvgIpc) is 2.56. The molecule has 132 valence electrons. The quantitative estimate of drug-likeness (QED) is 0.348.